The molecule has 0 aromatic heterocycles. The Balaban J connectivity index is 2.18. The van der Waals surface area contributed by atoms with Crippen LogP contribution in [0.15, 0.2) is 0 Å². The van der Waals surface area contributed by atoms with Crippen molar-refractivity contribution in [3.63, 3.8) is 0 Å². The Labute approximate surface area is 70.3 Å². The molecule has 1 aliphatic rings. The second kappa shape index (κ2) is 3.95. The summed E-state index contributed by atoms with van der Waals surface area (Å²) in [6.45, 7) is 0. The van der Waals surface area contributed by atoms with Crippen molar-refractivity contribution in [1.29, 1.82) is 0 Å². The summed E-state index contributed by atoms with van der Waals surface area (Å²) in [5, 5.41) is 1.07. The van der Waals surface area contributed by atoms with E-state index in [2.05, 4.69) is 0 Å². The first-order valence-electron chi connectivity index (χ1n) is 3.14. The lowest BCUT2D eigenvalue weighted by molar-refractivity contribution is 0.702. The highest BCUT2D eigenvalue weighted by Gasteiger charge is 2.18. The molecule has 0 nitrogen and oxygen atoms in total. The Morgan fingerprint density at radius 2 is 2.22 bits per heavy atom. The van der Waals surface area contributed by atoms with E-state index in [9.17, 15) is 0 Å². The van der Waals surface area contributed by atoms with Crippen molar-refractivity contribution in [2.45, 2.75) is 23.5 Å². The molecule has 2 atom stereocenters. The molecule has 1 fully saturated rings. The van der Waals surface area contributed by atoms with Crippen LogP contribution in [0.1, 0.15) is 12.8 Å². The monoisotopic (exact) mass is 184 g/mol. The van der Waals surface area contributed by atoms with Gasteiger partial charge in [0.05, 0.1) is 0 Å². The van der Waals surface area contributed by atoms with Crippen molar-refractivity contribution in [3.05, 3.63) is 0 Å². The van der Waals surface area contributed by atoms with E-state index in [1.165, 1.54) is 6.42 Å². The minimum absolute atomic E-state index is 0.398. The SMILES string of the molecule is ClCC1CCC(Cl)CS1. The lowest BCUT2D eigenvalue weighted by Crippen LogP contribution is -2.18. The average molecular weight is 185 g/mol. The fourth-order valence-corrected chi connectivity index (χ4v) is 2.70. The van der Waals surface area contributed by atoms with Gasteiger partial charge in [0.25, 0.3) is 0 Å². The number of hydrogen-bond donors (Lipinski definition) is 0. The van der Waals surface area contributed by atoms with Crippen LogP contribution in [0.4, 0.5) is 0 Å². The van der Waals surface area contributed by atoms with Gasteiger partial charge < -0.3 is 0 Å². The van der Waals surface area contributed by atoms with E-state index >= 15 is 0 Å². The highest BCUT2D eigenvalue weighted by molar-refractivity contribution is 8.00. The molecule has 1 saturated heterocycles. The van der Waals surface area contributed by atoms with Gasteiger partial charge in [-0.1, -0.05) is 0 Å². The normalized spacial score (nSPS) is 36.7. The summed E-state index contributed by atoms with van der Waals surface area (Å²) in [6.07, 6.45) is 2.34. The van der Waals surface area contributed by atoms with E-state index < -0.39 is 0 Å². The summed E-state index contributed by atoms with van der Waals surface area (Å²) in [5.74, 6) is 1.87. The fourth-order valence-electron chi connectivity index (χ4n) is 0.896. The zero-order valence-electron chi connectivity index (χ0n) is 5.15. The van der Waals surface area contributed by atoms with Crippen molar-refractivity contribution in [2.75, 3.05) is 11.6 Å². The number of alkyl halides is 2. The van der Waals surface area contributed by atoms with Crippen molar-refractivity contribution in [3.8, 4) is 0 Å². The van der Waals surface area contributed by atoms with Crippen LogP contribution in [-0.2, 0) is 0 Å². The van der Waals surface area contributed by atoms with Gasteiger partial charge in [0.15, 0.2) is 0 Å². The Kier molecular flexibility index (Phi) is 3.52. The molecule has 0 bridgehead atoms. The van der Waals surface area contributed by atoms with Crippen LogP contribution in [0.2, 0.25) is 0 Å². The minimum atomic E-state index is 0.398. The van der Waals surface area contributed by atoms with Crippen LogP contribution >= 0.6 is 35.0 Å². The lowest BCUT2D eigenvalue weighted by Gasteiger charge is -2.22. The van der Waals surface area contributed by atoms with Crippen LogP contribution in [0.3, 0.4) is 0 Å². The van der Waals surface area contributed by atoms with Crippen LogP contribution in [0, 0.1) is 0 Å². The van der Waals surface area contributed by atoms with Gasteiger partial charge in [-0.05, 0) is 12.8 Å². The maximum absolute atomic E-state index is 5.88. The van der Waals surface area contributed by atoms with Crippen LogP contribution in [-0.4, -0.2) is 22.3 Å². The summed E-state index contributed by atoms with van der Waals surface area (Å²) >= 11 is 13.4. The molecule has 0 aromatic carbocycles. The molecule has 1 rings (SSSR count). The van der Waals surface area contributed by atoms with E-state index in [0.717, 1.165) is 18.1 Å². The first kappa shape index (κ1) is 8.03. The molecule has 3 heteroatoms. The van der Waals surface area contributed by atoms with Crippen molar-refractivity contribution >= 4 is 35.0 Å². The predicted molar refractivity (Wildman–Crippen MR) is 45.8 cm³/mol. The zero-order valence-corrected chi connectivity index (χ0v) is 7.48. The molecule has 54 valence electrons. The molecule has 9 heavy (non-hydrogen) atoms. The number of halogens is 2. The second-order valence-electron chi connectivity index (χ2n) is 2.28. The molecule has 0 aromatic rings. The molecule has 0 aliphatic carbocycles. The third-order valence-electron chi connectivity index (χ3n) is 1.49. The summed E-state index contributed by atoms with van der Waals surface area (Å²) in [4.78, 5) is 0. The van der Waals surface area contributed by atoms with E-state index in [-0.39, 0.29) is 0 Å². The van der Waals surface area contributed by atoms with Gasteiger partial charge in [-0.15, -0.1) is 23.2 Å². The fraction of sp³-hybridized carbons (Fsp3) is 1.00. The van der Waals surface area contributed by atoms with Gasteiger partial charge in [-0.3, -0.25) is 0 Å². The summed E-state index contributed by atoms with van der Waals surface area (Å²) < 4.78 is 0. The molecule has 0 radical (unpaired) electrons. The Hall–Kier alpha value is 0.930. The minimum Gasteiger partial charge on any atom is -0.156 e. The van der Waals surface area contributed by atoms with Gasteiger partial charge in [-0.2, -0.15) is 11.8 Å². The van der Waals surface area contributed by atoms with Gasteiger partial charge >= 0.3 is 0 Å². The van der Waals surface area contributed by atoms with Gasteiger partial charge in [0.2, 0.25) is 0 Å². The Bertz CT molecular complexity index is 79.1. The Morgan fingerprint density at radius 1 is 1.44 bits per heavy atom. The lowest BCUT2D eigenvalue weighted by atomic mass is 10.2. The second-order valence-corrected chi connectivity index (χ2v) is 4.54. The molecule has 1 heterocycles. The third-order valence-corrected chi connectivity index (χ3v) is 4.07. The first-order chi connectivity index (χ1) is 4.33. The highest BCUT2D eigenvalue weighted by atomic mass is 35.5. The van der Waals surface area contributed by atoms with Crippen LogP contribution < -0.4 is 0 Å². The molecular formula is C6H10Cl2S. The van der Waals surface area contributed by atoms with E-state index in [1.807, 2.05) is 11.8 Å². The van der Waals surface area contributed by atoms with Crippen molar-refractivity contribution in [1.82, 2.24) is 0 Å². The number of hydrogen-bond acceptors (Lipinski definition) is 1. The smallest absolute Gasteiger partial charge is 0.0427 e. The van der Waals surface area contributed by atoms with Gasteiger partial charge in [0.1, 0.15) is 0 Å². The van der Waals surface area contributed by atoms with E-state index in [1.54, 1.807) is 0 Å². The quantitative estimate of drug-likeness (QED) is 0.566. The Morgan fingerprint density at radius 3 is 2.67 bits per heavy atom. The maximum atomic E-state index is 5.88. The van der Waals surface area contributed by atoms with E-state index in [0.29, 0.717) is 10.6 Å². The summed E-state index contributed by atoms with van der Waals surface area (Å²) in [5.41, 5.74) is 0. The van der Waals surface area contributed by atoms with Gasteiger partial charge in [0, 0.05) is 22.3 Å². The molecule has 2 unspecified atom stereocenters. The van der Waals surface area contributed by atoms with Crippen LogP contribution in [0.5, 0.6) is 0 Å². The average Bonchev–Trinajstić information content (AvgIpc) is 1.90. The topological polar surface area (TPSA) is 0 Å². The molecule has 0 N–H and O–H groups in total. The van der Waals surface area contributed by atoms with Gasteiger partial charge in [-0.25, -0.2) is 0 Å². The molecule has 0 saturated carbocycles. The molecular weight excluding hydrogens is 175 g/mol. The molecule has 0 spiro atoms. The number of thioether (sulfide) groups is 1. The summed E-state index contributed by atoms with van der Waals surface area (Å²) in [6, 6.07) is 0. The molecule has 0 amide bonds. The van der Waals surface area contributed by atoms with Crippen molar-refractivity contribution in [2.24, 2.45) is 0 Å². The largest absolute Gasteiger partial charge is 0.156 e. The standard InChI is InChI=1S/C6H10Cl2S/c7-3-6-2-1-5(8)4-9-6/h5-6H,1-4H2. The summed E-state index contributed by atoms with van der Waals surface area (Å²) in [7, 11) is 0. The zero-order chi connectivity index (χ0) is 6.69. The first-order valence-corrected chi connectivity index (χ1v) is 5.16. The molecule has 1 aliphatic heterocycles. The van der Waals surface area contributed by atoms with Crippen molar-refractivity contribution < 1.29 is 0 Å². The maximum Gasteiger partial charge on any atom is 0.0427 e. The van der Waals surface area contributed by atoms with E-state index in [4.69, 9.17) is 23.2 Å². The number of rotatable bonds is 1. The predicted octanol–water partition coefficient (Wildman–Crippen LogP) is 2.73. The van der Waals surface area contributed by atoms with Crippen LogP contribution in [0.25, 0.3) is 0 Å². The third kappa shape index (κ3) is 2.57. The highest BCUT2D eigenvalue weighted by Crippen LogP contribution is 2.28.